The Kier molecular flexibility index (Phi) is 7.45. The molecule has 0 aliphatic rings. The van der Waals surface area contributed by atoms with Crippen molar-refractivity contribution in [2.45, 2.75) is 0 Å². The Hall–Kier alpha value is -7.17. The average molecular weight is 573 g/mol. The number of nitriles is 5. The maximum Gasteiger partial charge on any atom is 0.101 e. The van der Waals surface area contributed by atoms with Crippen molar-refractivity contribution in [1.29, 1.82) is 26.3 Å². The van der Waals surface area contributed by atoms with E-state index in [2.05, 4.69) is 41.3 Å². The Morgan fingerprint density at radius 2 is 0.756 bits per heavy atom. The van der Waals surface area contributed by atoms with Crippen LogP contribution in [-0.2, 0) is 0 Å². The summed E-state index contributed by atoms with van der Waals surface area (Å²) in [7, 11) is 0. The minimum atomic E-state index is 0.334. The molecule has 0 unspecified atom stereocenters. The van der Waals surface area contributed by atoms with Crippen LogP contribution >= 0.6 is 0 Å². The third-order valence-electron chi connectivity index (χ3n) is 7.65. The number of hydrogen-bond donors (Lipinski definition) is 0. The molecule has 6 aromatic rings. The van der Waals surface area contributed by atoms with E-state index in [-0.39, 0.29) is 0 Å². The molecule has 0 N–H and O–H groups in total. The summed E-state index contributed by atoms with van der Waals surface area (Å²) in [5.41, 5.74) is 8.17. The Labute approximate surface area is 260 Å². The summed E-state index contributed by atoms with van der Waals surface area (Å²) in [6.45, 7) is 0. The van der Waals surface area contributed by atoms with Crippen LogP contribution in [0, 0.1) is 56.7 Å². The molecule has 6 aromatic carbocycles. The first-order chi connectivity index (χ1) is 22.0. The second-order valence-electron chi connectivity index (χ2n) is 10.3. The molecule has 0 aliphatic carbocycles. The van der Waals surface area contributed by atoms with Gasteiger partial charge in [-0.1, -0.05) is 48.5 Å². The highest BCUT2D eigenvalue weighted by molar-refractivity contribution is 5.90. The van der Waals surface area contributed by atoms with Gasteiger partial charge in [-0.2, -0.15) is 26.3 Å². The monoisotopic (exact) mass is 572 g/mol. The zero-order valence-electron chi connectivity index (χ0n) is 23.7. The lowest BCUT2D eigenvalue weighted by atomic mass is 9.99. The zero-order chi connectivity index (χ0) is 31.3. The minimum absolute atomic E-state index is 0.334. The quantitative estimate of drug-likeness (QED) is 0.203. The van der Waals surface area contributed by atoms with Crippen molar-refractivity contribution in [1.82, 2.24) is 0 Å². The molecule has 0 aliphatic heterocycles. The van der Waals surface area contributed by atoms with Gasteiger partial charge in [-0.05, 0) is 106 Å². The fourth-order valence-corrected chi connectivity index (χ4v) is 5.32. The molecule has 0 atom stereocenters. The van der Waals surface area contributed by atoms with Gasteiger partial charge in [0.2, 0.25) is 0 Å². The summed E-state index contributed by atoms with van der Waals surface area (Å²) in [6.07, 6.45) is 0. The first kappa shape index (κ1) is 28.0. The van der Waals surface area contributed by atoms with Crippen LogP contribution in [0.3, 0.4) is 0 Å². The third-order valence-corrected chi connectivity index (χ3v) is 7.65. The van der Waals surface area contributed by atoms with Crippen molar-refractivity contribution in [3.8, 4) is 52.6 Å². The summed E-state index contributed by atoms with van der Waals surface area (Å²) in [6, 6.07) is 48.7. The molecule has 0 aromatic heterocycles. The smallest absolute Gasteiger partial charge is 0.101 e. The number of anilines is 3. The van der Waals surface area contributed by atoms with Crippen molar-refractivity contribution >= 4 is 27.8 Å². The van der Waals surface area contributed by atoms with Gasteiger partial charge in [0.1, 0.15) is 24.3 Å². The van der Waals surface area contributed by atoms with Gasteiger partial charge in [0.05, 0.1) is 33.9 Å². The lowest BCUT2D eigenvalue weighted by Crippen LogP contribution is -2.09. The van der Waals surface area contributed by atoms with Crippen LogP contribution in [0.2, 0.25) is 0 Å². The molecule has 0 heterocycles. The largest absolute Gasteiger partial charge is 0.310 e. The van der Waals surface area contributed by atoms with Crippen LogP contribution in [0.1, 0.15) is 27.8 Å². The van der Waals surface area contributed by atoms with E-state index in [9.17, 15) is 26.3 Å². The molecule has 0 amide bonds. The second-order valence-corrected chi connectivity index (χ2v) is 10.3. The predicted molar refractivity (Wildman–Crippen MR) is 173 cm³/mol. The summed E-state index contributed by atoms with van der Waals surface area (Å²) < 4.78 is 0. The van der Waals surface area contributed by atoms with Gasteiger partial charge in [-0.25, -0.2) is 0 Å². The molecule has 0 bridgehead atoms. The Morgan fingerprint density at radius 1 is 0.333 bits per heavy atom. The molecule has 6 rings (SSSR count). The Morgan fingerprint density at radius 3 is 1.22 bits per heavy atom. The summed E-state index contributed by atoms with van der Waals surface area (Å²) in [5, 5.41) is 48.9. The van der Waals surface area contributed by atoms with Crippen molar-refractivity contribution in [2.75, 3.05) is 4.90 Å². The third kappa shape index (κ3) is 5.42. The first-order valence-electron chi connectivity index (χ1n) is 13.9. The van der Waals surface area contributed by atoms with E-state index < -0.39 is 0 Å². The lowest BCUT2D eigenvalue weighted by molar-refractivity contribution is 1.29. The highest BCUT2D eigenvalue weighted by Gasteiger charge is 2.15. The maximum absolute atomic E-state index is 9.49. The van der Waals surface area contributed by atoms with E-state index in [1.165, 1.54) is 0 Å². The minimum Gasteiger partial charge on any atom is -0.310 e. The number of fused-ring (bicyclic) bond motifs is 1. The van der Waals surface area contributed by atoms with E-state index in [4.69, 9.17) is 0 Å². The molecular weight excluding hydrogens is 552 g/mol. The standard InChI is InChI=1S/C39H20N6/c40-21-26-1-2-32-20-39(16-11-29(32)17-26)45(37-12-7-27(8-13-37)30-3-5-33(22-41)35(18-30)24-43)38-14-9-28(10-15-38)31-4-6-34(23-42)36(19-31)25-44/h1-20H. The molecule has 0 saturated carbocycles. The van der Waals surface area contributed by atoms with Crippen LogP contribution in [-0.4, -0.2) is 0 Å². The summed E-state index contributed by atoms with van der Waals surface area (Å²) in [5.74, 6) is 0. The summed E-state index contributed by atoms with van der Waals surface area (Å²) in [4.78, 5) is 2.13. The van der Waals surface area contributed by atoms with Gasteiger partial charge >= 0.3 is 0 Å². The van der Waals surface area contributed by atoms with Crippen LogP contribution in [0.15, 0.2) is 121 Å². The molecule has 0 spiro atoms. The number of nitrogens with zero attached hydrogens (tertiary/aromatic N) is 6. The SMILES string of the molecule is N#Cc1ccc2cc(N(c3ccc(-c4ccc(C#N)c(C#N)c4)cc3)c3ccc(-c4ccc(C#N)c(C#N)c4)cc3)ccc2c1. The highest BCUT2D eigenvalue weighted by atomic mass is 15.1. The zero-order valence-corrected chi connectivity index (χ0v) is 23.7. The molecule has 0 saturated heterocycles. The fraction of sp³-hybridized carbons (Fsp3) is 0. The van der Waals surface area contributed by atoms with Gasteiger partial charge < -0.3 is 4.90 Å². The van der Waals surface area contributed by atoms with Crippen molar-refractivity contribution < 1.29 is 0 Å². The highest BCUT2D eigenvalue weighted by Crippen LogP contribution is 2.38. The average Bonchev–Trinajstić information content (AvgIpc) is 3.11. The Bertz CT molecular complexity index is 2200. The van der Waals surface area contributed by atoms with E-state index in [1.807, 2.05) is 84.9 Å². The second kappa shape index (κ2) is 12.0. The predicted octanol–water partition coefficient (Wildman–Crippen LogP) is 9.00. The van der Waals surface area contributed by atoms with Gasteiger partial charge in [0, 0.05) is 17.1 Å². The molecule has 6 nitrogen and oxygen atoms in total. The van der Waals surface area contributed by atoms with E-state index in [0.717, 1.165) is 50.1 Å². The first-order valence-corrected chi connectivity index (χ1v) is 13.9. The van der Waals surface area contributed by atoms with Crippen LogP contribution in [0.4, 0.5) is 17.1 Å². The Balaban J connectivity index is 1.43. The molecule has 45 heavy (non-hydrogen) atoms. The normalized spacial score (nSPS) is 10.1. The van der Waals surface area contributed by atoms with Gasteiger partial charge in [0.15, 0.2) is 0 Å². The lowest BCUT2D eigenvalue weighted by Gasteiger charge is -2.26. The summed E-state index contributed by atoms with van der Waals surface area (Å²) >= 11 is 0. The van der Waals surface area contributed by atoms with E-state index >= 15 is 0 Å². The van der Waals surface area contributed by atoms with E-state index in [0.29, 0.717) is 27.8 Å². The van der Waals surface area contributed by atoms with Crippen LogP contribution in [0.25, 0.3) is 33.0 Å². The van der Waals surface area contributed by atoms with Crippen molar-refractivity contribution in [3.05, 3.63) is 149 Å². The van der Waals surface area contributed by atoms with Gasteiger partial charge in [-0.15, -0.1) is 0 Å². The van der Waals surface area contributed by atoms with Crippen LogP contribution < -0.4 is 4.90 Å². The maximum atomic E-state index is 9.49. The molecule has 6 heteroatoms. The van der Waals surface area contributed by atoms with Crippen LogP contribution in [0.5, 0.6) is 0 Å². The topological polar surface area (TPSA) is 122 Å². The molecule has 0 fully saturated rings. The molecular formula is C39H20N6. The van der Waals surface area contributed by atoms with Gasteiger partial charge in [-0.3, -0.25) is 0 Å². The fourth-order valence-electron chi connectivity index (χ4n) is 5.32. The van der Waals surface area contributed by atoms with Crippen molar-refractivity contribution in [2.24, 2.45) is 0 Å². The number of benzene rings is 6. The molecule has 206 valence electrons. The number of hydrogen-bond acceptors (Lipinski definition) is 6. The van der Waals surface area contributed by atoms with E-state index in [1.54, 1.807) is 30.3 Å². The van der Waals surface area contributed by atoms with Gasteiger partial charge in [0.25, 0.3) is 0 Å². The van der Waals surface area contributed by atoms with Crippen molar-refractivity contribution in [3.63, 3.8) is 0 Å². The molecule has 0 radical (unpaired) electrons. The number of rotatable bonds is 5.